The summed E-state index contributed by atoms with van der Waals surface area (Å²) < 4.78 is 47.2. The fraction of sp³-hybridized carbons (Fsp3) is 0.468. The van der Waals surface area contributed by atoms with E-state index >= 15 is 0 Å². The SMILES string of the molecule is COc1ccc2nccc(C[C@@](O)(C(c3ccnc4ccc(OC)nc34)C(O)[C@@H]3CC[C@@H](NCc4cc5c(nn4)OCCO5)CO3)[C@@H]3CC[C@@H](NCc4cc5c(cn4)OCCO5)CO3)c2n1. The Balaban J connectivity index is 0.958. The Morgan fingerprint density at radius 1 is 0.697 bits per heavy atom. The molecule has 0 aromatic carbocycles. The van der Waals surface area contributed by atoms with Crippen LogP contribution in [0, 0.1) is 0 Å². The van der Waals surface area contributed by atoms with Gasteiger partial charge in [-0.2, -0.15) is 5.10 Å². The van der Waals surface area contributed by atoms with Gasteiger partial charge in [0.25, 0.3) is 5.88 Å². The molecule has 0 amide bonds. The third-order valence-corrected chi connectivity index (χ3v) is 12.9. The van der Waals surface area contributed by atoms with E-state index in [0.29, 0.717) is 146 Å². The standard InChI is InChI=1S/C47H53N9O10/c1-59-40-9-5-33-43(53-40)27(11-13-48-33)21-47(58,39-8-4-29(26-66-39)50-22-30-19-36-38(24-52-30)63-16-15-61-36)42(32-12-14-49-34-6-10-41(60-2)54-44(32)34)45(57)35-7-3-28(25-65-35)51-23-31-20-37-46(56-55-31)64-18-17-62-37/h5-6,9-14,19-20,24,28-29,35,39,42,45,50-51,57-58H,3-4,7-8,15-18,21-23,25-26H2,1-2H3/t28-,29-,35+,39+,42?,45?,47+/m1/s1. The summed E-state index contributed by atoms with van der Waals surface area (Å²) in [5.74, 6) is 2.03. The molecule has 7 atom stereocenters. The van der Waals surface area contributed by atoms with Crippen molar-refractivity contribution in [2.24, 2.45) is 0 Å². The minimum absolute atomic E-state index is 0.0268. The average molecular weight is 904 g/mol. The van der Waals surface area contributed by atoms with E-state index < -0.39 is 29.8 Å². The van der Waals surface area contributed by atoms with Gasteiger partial charge in [-0.1, -0.05) is 0 Å². The topological polar surface area (TPSA) is 229 Å². The van der Waals surface area contributed by atoms with Crippen molar-refractivity contribution in [1.82, 2.24) is 45.8 Å². The summed E-state index contributed by atoms with van der Waals surface area (Å²) in [6.07, 6.45) is 4.69. The molecule has 0 aliphatic carbocycles. The largest absolute Gasteiger partial charge is 0.486 e. The van der Waals surface area contributed by atoms with Crippen molar-refractivity contribution in [3.05, 3.63) is 89.6 Å². The van der Waals surface area contributed by atoms with Gasteiger partial charge in [-0.15, -0.1) is 5.10 Å². The van der Waals surface area contributed by atoms with Crippen molar-refractivity contribution >= 4 is 22.1 Å². The van der Waals surface area contributed by atoms with Crippen molar-refractivity contribution in [3.8, 4) is 34.9 Å². The zero-order valence-electron chi connectivity index (χ0n) is 36.8. The van der Waals surface area contributed by atoms with E-state index in [0.717, 1.165) is 5.69 Å². The predicted molar refractivity (Wildman–Crippen MR) is 237 cm³/mol. The first-order valence-electron chi connectivity index (χ1n) is 22.4. The van der Waals surface area contributed by atoms with Crippen molar-refractivity contribution in [2.75, 3.05) is 53.9 Å². The van der Waals surface area contributed by atoms with Gasteiger partial charge >= 0.3 is 0 Å². The summed E-state index contributed by atoms with van der Waals surface area (Å²) in [5.41, 5.74) is 3.27. The van der Waals surface area contributed by atoms with Gasteiger partial charge in [-0.3, -0.25) is 15.0 Å². The normalized spacial score (nSPS) is 22.3. The summed E-state index contributed by atoms with van der Waals surface area (Å²) in [6, 6.07) is 14.5. The zero-order valence-corrected chi connectivity index (χ0v) is 36.8. The van der Waals surface area contributed by atoms with Crippen LogP contribution in [0.1, 0.15) is 54.1 Å². The number of methoxy groups -OCH3 is 2. The van der Waals surface area contributed by atoms with Crippen LogP contribution in [-0.4, -0.2) is 135 Å². The number of aliphatic hydroxyl groups is 2. The lowest BCUT2D eigenvalue weighted by molar-refractivity contribution is -0.176. The lowest BCUT2D eigenvalue weighted by atomic mass is 9.68. The highest BCUT2D eigenvalue weighted by Crippen LogP contribution is 2.45. The molecule has 4 aliphatic rings. The number of ether oxygens (including phenoxy) is 8. The monoisotopic (exact) mass is 903 g/mol. The van der Waals surface area contributed by atoms with E-state index in [1.807, 2.05) is 36.4 Å². The Bertz CT molecular complexity index is 2650. The molecule has 66 heavy (non-hydrogen) atoms. The molecule has 10 heterocycles. The van der Waals surface area contributed by atoms with Crippen LogP contribution in [0.2, 0.25) is 0 Å². The smallest absolute Gasteiger partial charge is 0.276 e. The van der Waals surface area contributed by atoms with E-state index in [9.17, 15) is 10.2 Å². The minimum atomic E-state index is -1.78. The maximum Gasteiger partial charge on any atom is 0.276 e. The first-order valence-corrected chi connectivity index (χ1v) is 22.4. The molecule has 6 aromatic rings. The van der Waals surface area contributed by atoms with Crippen molar-refractivity contribution in [2.45, 2.75) is 87.1 Å². The molecular formula is C47H53N9O10. The first-order chi connectivity index (χ1) is 32.3. The van der Waals surface area contributed by atoms with Gasteiger partial charge in [-0.25, -0.2) is 9.97 Å². The molecule has 2 saturated heterocycles. The van der Waals surface area contributed by atoms with Crippen LogP contribution in [-0.2, 0) is 29.0 Å². The second-order valence-corrected chi connectivity index (χ2v) is 17.0. The minimum Gasteiger partial charge on any atom is -0.486 e. The van der Waals surface area contributed by atoms with Crippen molar-refractivity contribution in [1.29, 1.82) is 0 Å². The molecule has 346 valence electrons. The molecule has 19 nitrogen and oxygen atoms in total. The van der Waals surface area contributed by atoms with Gasteiger partial charge in [-0.05, 0) is 61.1 Å². The number of rotatable bonds is 15. The van der Waals surface area contributed by atoms with Crippen LogP contribution in [0.4, 0.5) is 0 Å². The van der Waals surface area contributed by atoms with Gasteiger partial charge in [0, 0.05) is 74.2 Å². The van der Waals surface area contributed by atoms with E-state index in [4.69, 9.17) is 47.9 Å². The molecule has 6 aromatic heterocycles. The third kappa shape index (κ3) is 9.18. The molecule has 19 heteroatoms. The number of hydrogen-bond donors (Lipinski definition) is 4. The van der Waals surface area contributed by atoms with Crippen LogP contribution in [0.3, 0.4) is 0 Å². The number of nitrogens with one attached hydrogen (secondary N) is 2. The van der Waals surface area contributed by atoms with Gasteiger partial charge in [0.15, 0.2) is 17.2 Å². The van der Waals surface area contributed by atoms with Crippen molar-refractivity contribution < 1.29 is 48.1 Å². The Labute approximate surface area is 380 Å². The maximum absolute atomic E-state index is 13.9. The zero-order chi connectivity index (χ0) is 45.0. The fourth-order valence-electron chi connectivity index (χ4n) is 9.48. The molecule has 10 rings (SSSR count). The number of hydrogen-bond acceptors (Lipinski definition) is 19. The van der Waals surface area contributed by atoms with Gasteiger partial charge < -0.3 is 58.7 Å². The number of nitrogens with zero attached hydrogens (tertiary/aromatic N) is 7. The van der Waals surface area contributed by atoms with E-state index in [1.165, 1.54) is 0 Å². The van der Waals surface area contributed by atoms with Crippen LogP contribution >= 0.6 is 0 Å². The van der Waals surface area contributed by atoms with Gasteiger partial charge in [0.1, 0.15) is 32.0 Å². The second kappa shape index (κ2) is 19.4. The Hall–Kier alpha value is -6.09. The second-order valence-electron chi connectivity index (χ2n) is 17.0. The lowest BCUT2D eigenvalue weighted by Crippen LogP contribution is -2.59. The molecule has 0 saturated carbocycles. The van der Waals surface area contributed by atoms with Crippen LogP contribution in [0.25, 0.3) is 22.1 Å². The highest BCUT2D eigenvalue weighted by atomic mass is 16.6. The molecule has 0 radical (unpaired) electrons. The average Bonchev–Trinajstić information content (AvgIpc) is 3.37. The Kier molecular flexibility index (Phi) is 12.9. The van der Waals surface area contributed by atoms with E-state index in [-0.39, 0.29) is 25.1 Å². The van der Waals surface area contributed by atoms with Crippen LogP contribution < -0.4 is 39.1 Å². The molecule has 2 fully saturated rings. The number of aliphatic hydroxyl groups excluding tert-OH is 1. The summed E-state index contributed by atoms with van der Waals surface area (Å²) in [7, 11) is 3.11. The highest BCUT2D eigenvalue weighted by Gasteiger charge is 2.53. The lowest BCUT2D eigenvalue weighted by Gasteiger charge is -2.48. The molecule has 2 unspecified atom stereocenters. The number of pyridine rings is 5. The van der Waals surface area contributed by atoms with Crippen LogP contribution in [0.5, 0.6) is 34.9 Å². The molecule has 4 N–H and O–H groups in total. The Morgan fingerprint density at radius 2 is 1.35 bits per heavy atom. The quantitative estimate of drug-likeness (QED) is 0.116. The molecular weight excluding hydrogens is 851 g/mol. The third-order valence-electron chi connectivity index (χ3n) is 12.9. The van der Waals surface area contributed by atoms with Crippen LogP contribution in [0.15, 0.2) is 67.1 Å². The fourth-order valence-corrected chi connectivity index (χ4v) is 9.48. The predicted octanol–water partition coefficient (Wildman–Crippen LogP) is 3.41. The highest BCUT2D eigenvalue weighted by molar-refractivity contribution is 5.80. The van der Waals surface area contributed by atoms with E-state index in [2.05, 4.69) is 35.8 Å². The summed E-state index contributed by atoms with van der Waals surface area (Å²) in [5, 5.41) is 42.5. The Morgan fingerprint density at radius 3 is 2.08 bits per heavy atom. The van der Waals surface area contributed by atoms with E-state index in [1.54, 1.807) is 44.9 Å². The first kappa shape index (κ1) is 43.8. The summed E-state index contributed by atoms with van der Waals surface area (Å²) in [6.45, 7) is 3.38. The maximum atomic E-state index is 13.9. The molecule has 0 bridgehead atoms. The summed E-state index contributed by atoms with van der Waals surface area (Å²) >= 11 is 0. The van der Waals surface area contributed by atoms with Gasteiger partial charge in [0.2, 0.25) is 11.8 Å². The molecule has 0 spiro atoms. The van der Waals surface area contributed by atoms with Crippen molar-refractivity contribution in [3.63, 3.8) is 0 Å². The summed E-state index contributed by atoms with van der Waals surface area (Å²) in [4.78, 5) is 23.5. The molecule has 4 aliphatic heterocycles. The number of aromatic nitrogens is 7. The van der Waals surface area contributed by atoms with Gasteiger partial charge in [0.05, 0.1) is 85.4 Å². The number of fused-ring (bicyclic) bond motifs is 4.